The summed E-state index contributed by atoms with van der Waals surface area (Å²) >= 11 is 0. The highest BCUT2D eigenvalue weighted by Gasteiger charge is 2.41. The summed E-state index contributed by atoms with van der Waals surface area (Å²) in [7, 11) is 1.27. The van der Waals surface area contributed by atoms with E-state index in [0.29, 0.717) is 6.42 Å². The second-order valence-corrected chi connectivity index (χ2v) is 7.75. The second-order valence-electron chi connectivity index (χ2n) is 7.75. The van der Waals surface area contributed by atoms with E-state index in [4.69, 9.17) is 9.47 Å². The Bertz CT molecular complexity index is 820. The molecule has 0 bridgehead atoms. The molecule has 0 aromatic rings. The van der Waals surface area contributed by atoms with Gasteiger partial charge in [-0.2, -0.15) is 0 Å². The Balaban J connectivity index is 3.08. The Morgan fingerprint density at radius 1 is 1.15 bits per heavy atom. The molecule has 1 aliphatic rings. The fourth-order valence-electron chi connectivity index (χ4n) is 3.34. The van der Waals surface area contributed by atoms with Crippen LogP contribution in [0.2, 0.25) is 0 Å². The van der Waals surface area contributed by atoms with Crippen LogP contribution in [-0.4, -0.2) is 53.7 Å². The Kier molecular flexibility index (Phi) is 12.1. The van der Waals surface area contributed by atoms with Crippen molar-refractivity contribution in [2.45, 2.75) is 77.1 Å². The predicted octanol–water partition coefficient (Wildman–Crippen LogP) is 3.29. The third kappa shape index (κ3) is 9.99. The van der Waals surface area contributed by atoms with E-state index in [2.05, 4.69) is 4.74 Å². The molecule has 0 fully saturated rings. The van der Waals surface area contributed by atoms with Gasteiger partial charge in [0, 0.05) is 32.3 Å². The van der Waals surface area contributed by atoms with Crippen LogP contribution in [0.4, 0.5) is 0 Å². The summed E-state index contributed by atoms with van der Waals surface area (Å²) < 4.78 is 15.3. The smallest absolute Gasteiger partial charge is 0.305 e. The van der Waals surface area contributed by atoms with Crippen molar-refractivity contribution in [1.82, 2.24) is 0 Å². The molecular weight excluding hydrogens is 428 g/mol. The Hall–Kier alpha value is -3.00. The maximum Gasteiger partial charge on any atom is 0.305 e. The molecule has 33 heavy (non-hydrogen) atoms. The van der Waals surface area contributed by atoms with Gasteiger partial charge in [-0.1, -0.05) is 44.1 Å². The van der Waals surface area contributed by atoms with E-state index in [1.54, 1.807) is 18.2 Å². The quantitative estimate of drug-likeness (QED) is 0.192. The molecule has 1 rings (SSSR count). The number of methoxy groups -OCH3 is 1. The van der Waals surface area contributed by atoms with Gasteiger partial charge >= 0.3 is 17.9 Å². The Morgan fingerprint density at radius 3 is 2.48 bits per heavy atom. The number of unbranched alkanes of at least 4 members (excludes halogenated alkanes) is 1. The minimum absolute atomic E-state index is 0.0540. The third-order valence-corrected chi connectivity index (χ3v) is 4.95. The van der Waals surface area contributed by atoms with Crippen molar-refractivity contribution in [3.63, 3.8) is 0 Å². The van der Waals surface area contributed by atoms with Gasteiger partial charge in [0.2, 0.25) is 0 Å². The van der Waals surface area contributed by atoms with Gasteiger partial charge in [0.05, 0.1) is 13.2 Å². The van der Waals surface area contributed by atoms with Gasteiger partial charge in [0.1, 0.15) is 6.10 Å². The highest BCUT2D eigenvalue weighted by molar-refractivity contribution is 6.09. The predicted molar refractivity (Wildman–Crippen MR) is 122 cm³/mol. The van der Waals surface area contributed by atoms with Crippen LogP contribution in [-0.2, 0) is 33.4 Å². The second kappa shape index (κ2) is 14.2. The molecule has 0 aromatic heterocycles. The lowest BCUT2D eigenvalue weighted by Crippen LogP contribution is -2.33. The summed E-state index contributed by atoms with van der Waals surface area (Å²) in [6.07, 6.45) is 12.4. The maximum absolute atomic E-state index is 12.5. The SMILES string of the molecule is CCCC[C@@H](O)/C=C/C[C@]1(OC(C)=O)C=CC(=O)/C1=C/C=C/[C@@H](CCC(=O)OC)OC(C)=O. The number of ketones is 1. The molecule has 0 saturated heterocycles. The summed E-state index contributed by atoms with van der Waals surface area (Å²) in [5.74, 6) is -1.82. The number of esters is 3. The summed E-state index contributed by atoms with van der Waals surface area (Å²) in [6.45, 7) is 4.55. The van der Waals surface area contributed by atoms with E-state index in [9.17, 15) is 24.3 Å². The molecule has 0 aromatic carbocycles. The van der Waals surface area contributed by atoms with E-state index in [-0.39, 0.29) is 30.6 Å². The highest BCUT2D eigenvalue weighted by atomic mass is 16.6. The average molecular weight is 463 g/mol. The zero-order valence-electron chi connectivity index (χ0n) is 19.7. The van der Waals surface area contributed by atoms with Gasteiger partial charge < -0.3 is 19.3 Å². The van der Waals surface area contributed by atoms with E-state index in [1.165, 1.54) is 45.3 Å². The van der Waals surface area contributed by atoms with Crippen molar-refractivity contribution in [2.75, 3.05) is 7.11 Å². The topological polar surface area (TPSA) is 116 Å². The van der Waals surface area contributed by atoms with Gasteiger partial charge in [0.15, 0.2) is 11.4 Å². The molecule has 0 aliphatic heterocycles. The number of hydrogen-bond donors (Lipinski definition) is 1. The first-order valence-electron chi connectivity index (χ1n) is 11.0. The fourth-order valence-corrected chi connectivity index (χ4v) is 3.34. The molecule has 0 spiro atoms. The monoisotopic (exact) mass is 462 g/mol. The molecule has 8 heteroatoms. The van der Waals surface area contributed by atoms with Crippen molar-refractivity contribution in [3.8, 4) is 0 Å². The number of carbonyl (C=O) groups is 4. The zero-order chi connectivity index (χ0) is 24.9. The van der Waals surface area contributed by atoms with E-state index < -0.39 is 35.7 Å². The van der Waals surface area contributed by atoms with Gasteiger partial charge in [-0.3, -0.25) is 19.2 Å². The van der Waals surface area contributed by atoms with Crippen molar-refractivity contribution in [2.24, 2.45) is 0 Å². The fraction of sp³-hybridized carbons (Fsp3) is 0.520. The zero-order valence-corrected chi connectivity index (χ0v) is 19.7. The van der Waals surface area contributed by atoms with Gasteiger partial charge in [-0.05, 0) is 31.1 Å². The van der Waals surface area contributed by atoms with E-state index >= 15 is 0 Å². The number of hydrogen-bond acceptors (Lipinski definition) is 8. The number of aliphatic hydroxyl groups is 1. The van der Waals surface area contributed by atoms with Crippen LogP contribution in [0.3, 0.4) is 0 Å². The summed E-state index contributed by atoms with van der Waals surface area (Å²) in [5.41, 5.74) is -1.06. The number of allylic oxidation sites excluding steroid dienone is 3. The lowest BCUT2D eigenvalue weighted by atomic mass is 9.91. The van der Waals surface area contributed by atoms with Crippen LogP contribution in [0.1, 0.15) is 59.3 Å². The van der Waals surface area contributed by atoms with E-state index in [0.717, 1.165) is 12.8 Å². The summed E-state index contributed by atoms with van der Waals surface area (Å²) in [6, 6.07) is 0. The van der Waals surface area contributed by atoms with Crippen molar-refractivity contribution >= 4 is 23.7 Å². The molecule has 0 amide bonds. The number of ether oxygens (including phenoxy) is 3. The normalized spacial score (nSPS) is 21.0. The number of carbonyl (C=O) groups excluding carboxylic acids is 4. The first kappa shape index (κ1) is 28.0. The molecule has 0 unspecified atom stereocenters. The molecule has 3 atom stereocenters. The first-order chi connectivity index (χ1) is 15.6. The van der Waals surface area contributed by atoms with Gasteiger partial charge in [0.25, 0.3) is 0 Å². The molecule has 0 radical (unpaired) electrons. The third-order valence-electron chi connectivity index (χ3n) is 4.95. The van der Waals surface area contributed by atoms with Crippen molar-refractivity contribution in [3.05, 3.63) is 48.1 Å². The van der Waals surface area contributed by atoms with Crippen LogP contribution in [0.15, 0.2) is 48.1 Å². The van der Waals surface area contributed by atoms with Crippen LogP contribution >= 0.6 is 0 Å². The van der Waals surface area contributed by atoms with Gasteiger partial charge in [-0.25, -0.2) is 0 Å². The van der Waals surface area contributed by atoms with E-state index in [1.807, 2.05) is 6.92 Å². The molecule has 0 heterocycles. The largest absolute Gasteiger partial charge is 0.469 e. The highest BCUT2D eigenvalue weighted by Crippen LogP contribution is 2.34. The van der Waals surface area contributed by atoms with Gasteiger partial charge in [-0.15, -0.1) is 0 Å². The Morgan fingerprint density at radius 2 is 1.88 bits per heavy atom. The van der Waals surface area contributed by atoms with Crippen LogP contribution in [0, 0.1) is 0 Å². The van der Waals surface area contributed by atoms with Crippen LogP contribution in [0.25, 0.3) is 0 Å². The molecule has 0 saturated carbocycles. The lowest BCUT2D eigenvalue weighted by molar-refractivity contribution is -0.149. The minimum atomic E-state index is -1.29. The van der Waals surface area contributed by atoms with Crippen molar-refractivity contribution in [1.29, 1.82) is 0 Å². The molecular formula is C25H34O8. The van der Waals surface area contributed by atoms with Crippen molar-refractivity contribution < 1.29 is 38.5 Å². The van der Waals surface area contributed by atoms with Crippen LogP contribution < -0.4 is 0 Å². The first-order valence-corrected chi connectivity index (χ1v) is 11.0. The number of rotatable bonds is 13. The average Bonchev–Trinajstić information content (AvgIpc) is 3.04. The van der Waals surface area contributed by atoms with Crippen LogP contribution in [0.5, 0.6) is 0 Å². The summed E-state index contributed by atoms with van der Waals surface area (Å²) in [4.78, 5) is 47.1. The number of aliphatic hydroxyl groups excluding tert-OH is 1. The molecule has 1 N–H and O–H groups in total. The minimum Gasteiger partial charge on any atom is -0.469 e. The molecule has 182 valence electrons. The lowest BCUT2D eigenvalue weighted by Gasteiger charge is -2.27. The molecule has 8 nitrogen and oxygen atoms in total. The Labute approximate surface area is 195 Å². The summed E-state index contributed by atoms with van der Waals surface area (Å²) in [5, 5.41) is 10.0. The maximum atomic E-state index is 12.5. The standard InChI is InChI=1S/C25H34O8/c1-5-6-9-20(28)10-8-16-25(33-19(3)27)17-15-23(29)22(25)12-7-11-21(32-18(2)26)13-14-24(30)31-4/h7-8,10-12,15,17,20-21,28H,5-6,9,13-14,16H2,1-4H3/b10-8+,11-7+,22-12-/t20-,21+,25+/m1/s1. The molecule has 1 aliphatic carbocycles.